The van der Waals surface area contributed by atoms with Crippen molar-refractivity contribution in [2.75, 3.05) is 20.6 Å². The van der Waals surface area contributed by atoms with Gasteiger partial charge in [0, 0.05) is 20.6 Å². The molecule has 1 atom stereocenters. The van der Waals surface area contributed by atoms with Crippen LogP contribution < -0.4 is 10.1 Å². The maximum atomic E-state index is 11.7. The summed E-state index contributed by atoms with van der Waals surface area (Å²) in [5.41, 5.74) is 1.17. The minimum atomic E-state index is -0.495. The van der Waals surface area contributed by atoms with Gasteiger partial charge in [0.25, 0.3) is 5.91 Å². The largest absolute Gasteiger partial charge is 0.480 e. The minimum Gasteiger partial charge on any atom is -0.480 e. The first-order valence-electron chi connectivity index (χ1n) is 6.32. The summed E-state index contributed by atoms with van der Waals surface area (Å²) in [5.74, 6) is 0.631. The third-order valence-corrected chi connectivity index (χ3v) is 3.29. The van der Waals surface area contributed by atoms with Crippen LogP contribution in [0.15, 0.2) is 22.7 Å². The van der Waals surface area contributed by atoms with Gasteiger partial charge in [-0.2, -0.15) is 0 Å². The molecule has 0 spiro atoms. The van der Waals surface area contributed by atoms with E-state index in [1.807, 2.05) is 18.2 Å². The van der Waals surface area contributed by atoms with Crippen molar-refractivity contribution in [1.29, 1.82) is 0 Å². The van der Waals surface area contributed by atoms with Crippen LogP contribution in [0.4, 0.5) is 0 Å². The van der Waals surface area contributed by atoms with Gasteiger partial charge in [-0.05, 0) is 47.1 Å². The Bertz CT molecular complexity index is 435. The number of hydrogen-bond donors (Lipinski definition) is 1. The van der Waals surface area contributed by atoms with Crippen molar-refractivity contribution < 1.29 is 9.53 Å². The average molecular weight is 329 g/mol. The van der Waals surface area contributed by atoms with Crippen molar-refractivity contribution in [3.05, 3.63) is 28.2 Å². The summed E-state index contributed by atoms with van der Waals surface area (Å²) in [6.07, 6.45) is -0.495. The number of nitrogens with one attached hydrogen (secondary N) is 1. The lowest BCUT2D eigenvalue weighted by atomic mass is 10.2. The van der Waals surface area contributed by atoms with Crippen molar-refractivity contribution in [1.82, 2.24) is 10.2 Å². The first-order chi connectivity index (χ1) is 8.95. The molecular formula is C14H21BrN2O2. The summed E-state index contributed by atoms with van der Waals surface area (Å²) < 4.78 is 6.53. The molecule has 106 valence electrons. The Morgan fingerprint density at radius 2 is 2.16 bits per heavy atom. The average Bonchev–Trinajstić information content (AvgIpc) is 2.37. The van der Waals surface area contributed by atoms with E-state index in [2.05, 4.69) is 28.2 Å². The molecular weight excluding hydrogens is 308 g/mol. The van der Waals surface area contributed by atoms with Gasteiger partial charge in [-0.15, -0.1) is 0 Å². The van der Waals surface area contributed by atoms with Gasteiger partial charge in [-0.3, -0.25) is 4.79 Å². The fourth-order valence-electron chi connectivity index (χ4n) is 1.62. The molecule has 1 amide bonds. The first kappa shape index (κ1) is 16.0. The smallest absolute Gasteiger partial charge is 0.262 e. The number of likely N-dealkylation sites (N-methyl/N-ethyl adjacent to an activating group) is 1. The van der Waals surface area contributed by atoms with Crippen LogP contribution in [0.3, 0.4) is 0 Å². The predicted octanol–water partition coefficient (Wildman–Crippen LogP) is 2.41. The Morgan fingerprint density at radius 1 is 1.47 bits per heavy atom. The lowest BCUT2D eigenvalue weighted by Crippen LogP contribution is -2.35. The molecule has 1 aromatic rings. The summed E-state index contributed by atoms with van der Waals surface area (Å²) in [7, 11) is 3.44. The number of halogens is 1. The third-order valence-electron chi connectivity index (χ3n) is 2.67. The number of amides is 1. The Hall–Kier alpha value is -1.07. The topological polar surface area (TPSA) is 41.6 Å². The SMILES string of the molecule is CCNCc1ccc(OC(C)C(=O)N(C)C)c(Br)c1. The van der Waals surface area contributed by atoms with Crippen molar-refractivity contribution in [3.8, 4) is 5.75 Å². The standard InChI is InChI=1S/C14H21BrN2O2/c1-5-16-9-11-6-7-13(12(15)8-11)19-10(2)14(18)17(3)4/h6-8,10,16H,5,9H2,1-4H3. The van der Waals surface area contributed by atoms with E-state index in [0.29, 0.717) is 5.75 Å². The number of nitrogens with zero attached hydrogens (tertiary/aromatic N) is 1. The fourth-order valence-corrected chi connectivity index (χ4v) is 2.14. The Morgan fingerprint density at radius 3 is 2.68 bits per heavy atom. The van der Waals surface area contributed by atoms with Crippen LogP contribution in [0, 0.1) is 0 Å². The van der Waals surface area contributed by atoms with E-state index in [4.69, 9.17) is 4.74 Å². The van der Waals surface area contributed by atoms with Crippen LogP contribution in [-0.2, 0) is 11.3 Å². The number of ether oxygens (including phenoxy) is 1. The Balaban J connectivity index is 2.72. The van der Waals surface area contributed by atoms with E-state index in [1.165, 1.54) is 10.5 Å². The molecule has 0 aliphatic rings. The second-order valence-corrected chi connectivity index (χ2v) is 5.39. The summed E-state index contributed by atoms with van der Waals surface area (Å²) in [5, 5.41) is 3.26. The zero-order valence-electron chi connectivity index (χ0n) is 11.9. The molecule has 0 saturated heterocycles. The van der Waals surface area contributed by atoms with Crippen LogP contribution in [0.2, 0.25) is 0 Å². The van der Waals surface area contributed by atoms with E-state index in [0.717, 1.165) is 17.6 Å². The zero-order valence-corrected chi connectivity index (χ0v) is 13.5. The van der Waals surface area contributed by atoms with Gasteiger partial charge in [-0.1, -0.05) is 13.0 Å². The second kappa shape index (κ2) is 7.50. The first-order valence-corrected chi connectivity index (χ1v) is 7.12. The Kier molecular flexibility index (Phi) is 6.31. The molecule has 1 N–H and O–H groups in total. The highest BCUT2D eigenvalue weighted by Crippen LogP contribution is 2.27. The van der Waals surface area contributed by atoms with Crippen molar-refractivity contribution in [2.24, 2.45) is 0 Å². The lowest BCUT2D eigenvalue weighted by molar-refractivity contribution is -0.135. The monoisotopic (exact) mass is 328 g/mol. The maximum Gasteiger partial charge on any atom is 0.262 e. The summed E-state index contributed by atoms with van der Waals surface area (Å²) in [6.45, 7) is 5.58. The summed E-state index contributed by atoms with van der Waals surface area (Å²) in [4.78, 5) is 13.3. The molecule has 0 saturated carbocycles. The quantitative estimate of drug-likeness (QED) is 0.871. The molecule has 19 heavy (non-hydrogen) atoms. The van der Waals surface area contributed by atoms with E-state index < -0.39 is 6.10 Å². The molecule has 4 nitrogen and oxygen atoms in total. The normalized spacial score (nSPS) is 12.1. The molecule has 0 aliphatic carbocycles. The highest BCUT2D eigenvalue weighted by Gasteiger charge is 2.17. The molecule has 1 rings (SSSR count). The zero-order chi connectivity index (χ0) is 14.4. The van der Waals surface area contributed by atoms with E-state index in [1.54, 1.807) is 21.0 Å². The van der Waals surface area contributed by atoms with E-state index in [9.17, 15) is 4.79 Å². The van der Waals surface area contributed by atoms with Crippen molar-refractivity contribution in [2.45, 2.75) is 26.5 Å². The van der Waals surface area contributed by atoms with Crippen LogP contribution >= 0.6 is 15.9 Å². The predicted molar refractivity (Wildman–Crippen MR) is 80.3 cm³/mol. The molecule has 0 bridgehead atoms. The van der Waals surface area contributed by atoms with Crippen LogP contribution in [0.25, 0.3) is 0 Å². The van der Waals surface area contributed by atoms with E-state index >= 15 is 0 Å². The number of hydrogen-bond acceptors (Lipinski definition) is 3. The molecule has 0 heterocycles. The van der Waals surface area contributed by atoms with Crippen LogP contribution in [0.1, 0.15) is 19.4 Å². The van der Waals surface area contributed by atoms with Crippen LogP contribution in [0.5, 0.6) is 5.75 Å². The molecule has 0 fully saturated rings. The van der Waals surface area contributed by atoms with Gasteiger partial charge in [0.15, 0.2) is 6.10 Å². The number of rotatable bonds is 6. The van der Waals surface area contributed by atoms with E-state index in [-0.39, 0.29) is 5.91 Å². The van der Waals surface area contributed by atoms with Gasteiger partial charge < -0.3 is 15.0 Å². The molecule has 1 unspecified atom stereocenters. The Labute approximate surface area is 123 Å². The highest BCUT2D eigenvalue weighted by atomic mass is 79.9. The second-order valence-electron chi connectivity index (χ2n) is 4.54. The highest BCUT2D eigenvalue weighted by molar-refractivity contribution is 9.10. The molecule has 0 radical (unpaired) electrons. The number of benzene rings is 1. The molecule has 0 aromatic heterocycles. The number of carbonyl (C=O) groups excluding carboxylic acids is 1. The third kappa shape index (κ3) is 4.84. The van der Waals surface area contributed by atoms with Gasteiger partial charge in [0.1, 0.15) is 5.75 Å². The summed E-state index contributed by atoms with van der Waals surface area (Å²) in [6, 6.07) is 5.89. The molecule has 0 aliphatic heterocycles. The van der Waals surface area contributed by atoms with Crippen LogP contribution in [-0.4, -0.2) is 37.6 Å². The molecule has 5 heteroatoms. The van der Waals surface area contributed by atoms with Gasteiger partial charge in [0.2, 0.25) is 0 Å². The maximum absolute atomic E-state index is 11.7. The fraction of sp³-hybridized carbons (Fsp3) is 0.500. The minimum absolute atomic E-state index is 0.0522. The van der Waals surface area contributed by atoms with Gasteiger partial charge in [-0.25, -0.2) is 0 Å². The lowest BCUT2D eigenvalue weighted by Gasteiger charge is -2.19. The van der Waals surface area contributed by atoms with Crippen molar-refractivity contribution in [3.63, 3.8) is 0 Å². The van der Waals surface area contributed by atoms with Gasteiger partial charge in [0.05, 0.1) is 4.47 Å². The van der Waals surface area contributed by atoms with Crippen molar-refractivity contribution >= 4 is 21.8 Å². The molecule has 1 aromatic carbocycles. The van der Waals surface area contributed by atoms with Gasteiger partial charge >= 0.3 is 0 Å². The number of carbonyl (C=O) groups is 1. The summed E-state index contributed by atoms with van der Waals surface area (Å²) >= 11 is 3.48.